The van der Waals surface area contributed by atoms with Gasteiger partial charge in [0, 0.05) is 12.3 Å². The number of nitrogens with one attached hydrogen (secondary N) is 1. The maximum Gasteiger partial charge on any atom is 0.332 e. The molecule has 0 fully saturated rings. The van der Waals surface area contributed by atoms with E-state index in [0.717, 1.165) is 0 Å². The molecule has 0 radical (unpaired) electrons. The minimum atomic E-state index is -0.412. The van der Waals surface area contributed by atoms with Crippen molar-refractivity contribution in [3.05, 3.63) is 12.3 Å². The topological polar surface area (TPSA) is 47.6 Å². The smallest absolute Gasteiger partial charge is 0.332 e. The van der Waals surface area contributed by atoms with Crippen LogP contribution in [0.3, 0.4) is 0 Å². The predicted molar refractivity (Wildman–Crippen MR) is 40.5 cm³/mol. The van der Waals surface area contributed by atoms with Crippen molar-refractivity contribution in [1.82, 2.24) is 5.48 Å². The number of hydroxylamine groups is 1. The standard InChI is InChI=1S/C7H13NO3/c1-6(2)11-8-5-4-7(9)10-3/h4-6,8H,1-3H3/b5-4+. The third kappa shape index (κ3) is 6.86. The fourth-order valence-corrected chi connectivity index (χ4v) is 0.345. The SMILES string of the molecule is COC(=O)/C=C/NOC(C)C. The van der Waals surface area contributed by atoms with Crippen molar-refractivity contribution in [3.8, 4) is 0 Å². The number of methoxy groups -OCH3 is 1. The number of hydrogen-bond donors (Lipinski definition) is 1. The van der Waals surface area contributed by atoms with Gasteiger partial charge in [0.15, 0.2) is 0 Å². The van der Waals surface area contributed by atoms with Crippen LogP contribution in [0.25, 0.3) is 0 Å². The van der Waals surface area contributed by atoms with Gasteiger partial charge < -0.3 is 4.74 Å². The molecule has 0 saturated carbocycles. The molecule has 0 spiro atoms. The third-order valence-electron chi connectivity index (χ3n) is 0.792. The first-order valence-electron chi connectivity index (χ1n) is 3.32. The summed E-state index contributed by atoms with van der Waals surface area (Å²) >= 11 is 0. The van der Waals surface area contributed by atoms with Gasteiger partial charge in [-0.05, 0) is 13.8 Å². The number of rotatable bonds is 4. The lowest BCUT2D eigenvalue weighted by molar-refractivity contribution is -0.134. The Morgan fingerprint density at radius 2 is 2.18 bits per heavy atom. The second-order valence-electron chi connectivity index (χ2n) is 2.14. The molecule has 0 heterocycles. The van der Waals surface area contributed by atoms with E-state index in [1.165, 1.54) is 19.4 Å². The van der Waals surface area contributed by atoms with E-state index in [9.17, 15) is 4.79 Å². The molecule has 0 unspecified atom stereocenters. The molecule has 0 aromatic rings. The molecule has 0 aromatic carbocycles. The summed E-state index contributed by atoms with van der Waals surface area (Å²) < 4.78 is 4.34. The average Bonchev–Trinajstić information content (AvgIpc) is 1.97. The molecule has 11 heavy (non-hydrogen) atoms. The molecule has 0 aliphatic heterocycles. The van der Waals surface area contributed by atoms with E-state index in [2.05, 4.69) is 10.2 Å². The lowest BCUT2D eigenvalue weighted by Crippen LogP contribution is -2.13. The van der Waals surface area contributed by atoms with Gasteiger partial charge in [-0.1, -0.05) is 0 Å². The Morgan fingerprint density at radius 3 is 2.64 bits per heavy atom. The molecule has 0 aliphatic carbocycles. The first kappa shape index (κ1) is 9.97. The highest BCUT2D eigenvalue weighted by molar-refractivity contribution is 5.81. The molecule has 4 nitrogen and oxygen atoms in total. The number of carbonyl (C=O) groups excluding carboxylic acids is 1. The first-order chi connectivity index (χ1) is 5.16. The van der Waals surface area contributed by atoms with Gasteiger partial charge in [-0.3, -0.25) is 10.3 Å². The van der Waals surface area contributed by atoms with E-state index in [1.54, 1.807) is 0 Å². The van der Waals surface area contributed by atoms with Crippen LogP contribution in [0.5, 0.6) is 0 Å². The Kier molecular flexibility index (Phi) is 5.20. The van der Waals surface area contributed by atoms with Crippen LogP contribution in [-0.2, 0) is 14.4 Å². The highest BCUT2D eigenvalue weighted by Crippen LogP contribution is 1.82. The van der Waals surface area contributed by atoms with E-state index in [1.807, 2.05) is 13.8 Å². The predicted octanol–water partition coefficient (Wildman–Crippen LogP) is 0.603. The Morgan fingerprint density at radius 1 is 1.55 bits per heavy atom. The summed E-state index contributed by atoms with van der Waals surface area (Å²) in [6.07, 6.45) is 2.70. The Hall–Kier alpha value is -1.03. The zero-order valence-electron chi connectivity index (χ0n) is 6.96. The van der Waals surface area contributed by atoms with Crippen molar-refractivity contribution in [2.24, 2.45) is 0 Å². The molecule has 0 bridgehead atoms. The highest BCUT2D eigenvalue weighted by atomic mass is 16.7. The van der Waals surface area contributed by atoms with Crippen LogP contribution >= 0.6 is 0 Å². The van der Waals surface area contributed by atoms with Crippen molar-refractivity contribution >= 4 is 5.97 Å². The van der Waals surface area contributed by atoms with Crippen LogP contribution in [0.2, 0.25) is 0 Å². The lowest BCUT2D eigenvalue weighted by atomic mass is 10.5. The van der Waals surface area contributed by atoms with E-state index < -0.39 is 5.97 Å². The summed E-state index contributed by atoms with van der Waals surface area (Å²) in [6, 6.07) is 0. The minimum Gasteiger partial charge on any atom is -0.466 e. The number of esters is 1. The maximum absolute atomic E-state index is 10.5. The van der Waals surface area contributed by atoms with Crippen LogP contribution in [-0.4, -0.2) is 19.2 Å². The van der Waals surface area contributed by atoms with E-state index >= 15 is 0 Å². The van der Waals surface area contributed by atoms with Gasteiger partial charge in [-0.15, -0.1) is 0 Å². The van der Waals surface area contributed by atoms with Gasteiger partial charge in [-0.2, -0.15) is 0 Å². The van der Waals surface area contributed by atoms with Crippen LogP contribution in [0, 0.1) is 0 Å². The molecule has 0 aliphatic rings. The molecule has 0 rings (SSSR count). The van der Waals surface area contributed by atoms with Crippen LogP contribution < -0.4 is 5.48 Å². The Balaban J connectivity index is 3.37. The Labute approximate surface area is 66.1 Å². The summed E-state index contributed by atoms with van der Waals surface area (Å²) in [4.78, 5) is 15.3. The average molecular weight is 159 g/mol. The monoisotopic (exact) mass is 159 g/mol. The highest BCUT2D eigenvalue weighted by Gasteiger charge is 1.90. The summed E-state index contributed by atoms with van der Waals surface area (Å²) in [5.74, 6) is -0.412. The third-order valence-corrected chi connectivity index (χ3v) is 0.792. The van der Waals surface area contributed by atoms with Crippen LogP contribution in [0.15, 0.2) is 12.3 Å². The van der Waals surface area contributed by atoms with Gasteiger partial charge >= 0.3 is 5.97 Å². The molecule has 0 saturated heterocycles. The van der Waals surface area contributed by atoms with Gasteiger partial charge in [-0.25, -0.2) is 4.79 Å². The fourth-order valence-electron chi connectivity index (χ4n) is 0.345. The molecule has 0 aromatic heterocycles. The van der Waals surface area contributed by atoms with Crippen molar-refractivity contribution < 1.29 is 14.4 Å². The van der Waals surface area contributed by atoms with Gasteiger partial charge in [0.05, 0.1) is 13.2 Å². The normalized spacial score (nSPS) is 10.5. The Bertz CT molecular complexity index is 143. The van der Waals surface area contributed by atoms with E-state index in [4.69, 9.17) is 4.84 Å². The molecule has 0 amide bonds. The van der Waals surface area contributed by atoms with Crippen molar-refractivity contribution in [1.29, 1.82) is 0 Å². The fraction of sp³-hybridized carbons (Fsp3) is 0.571. The van der Waals surface area contributed by atoms with Crippen LogP contribution in [0.1, 0.15) is 13.8 Å². The number of carbonyl (C=O) groups is 1. The van der Waals surface area contributed by atoms with E-state index in [0.29, 0.717) is 0 Å². The van der Waals surface area contributed by atoms with Crippen molar-refractivity contribution in [2.75, 3.05) is 7.11 Å². The quantitative estimate of drug-likeness (QED) is 0.371. The van der Waals surface area contributed by atoms with Gasteiger partial charge in [0.25, 0.3) is 0 Å². The van der Waals surface area contributed by atoms with Crippen molar-refractivity contribution in [2.45, 2.75) is 20.0 Å². The number of hydrogen-bond acceptors (Lipinski definition) is 4. The minimum absolute atomic E-state index is 0.0808. The second kappa shape index (κ2) is 5.73. The first-order valence-corrected chi connectivity index (χ1v) is 3.32. The summed E-state index contributed by atoms with van der Waals surface area (Å²) in [7, 11) is 1.32. The zero-order chi connectivity index (χ0) is 8.69. The lowest BCUT2D eigenvalue weighted by Gasteiger charge is -2.03. The van der Waals surface area contributed by atoms with Crippen LogP contribution in [0.4, 0.5) is 0 Å². The molecule has 0 atom stereocenters. The molecular formula is C7H13NO3. The maximum atomic E-state index is 10.5. The van der Waals surface area contributed by atoms with Gasteiger partial charge in [0.1, 0.15) is 0 Å². The zero-order valence-corrected chi connectivity index (χ0v) is 6.96. The summed E-state index contributed by atoms with van der Waals surface area (Å²) in [6.45, 7) is 3.75. The molecule has 1 N–H and O–H groups in total. The second-order valence-corrected chi connectivity index (χ2v) is 2.14. The molecule has 64 valence electrons. The van der Waals surface area contributed by atoms with Gasteiger partial charge in [0.2, 0.25) is 0 Å². The largest absolute Gasteiger partial charge is 0.466 e. The molecular weight excluding hydrogens is 146 g/mol. The summed E-state index contributed by atoms with van der Waals surface area (Å²) in [5.41, 5.74) is 2.47. The van der Waals surface area contributed by atoms with Crippen molar-refractivity contribution in [3.63, 3.8) is 0 Å². The summed E-state index contributed by atoms with van der Waals surface area (Å²) in [5, 5.41) is 0. The number of ether oxygens (including phenoxy) is 1. The van der Waals surface area contributed by atoms with E-state index in [-0.39, 0.29) is 6.10 Å². The molecule has 4 heteroatoms.